The molecule has 3 N–H and O–H groups in total. The van der Waals surface area contributed by atoms with Crippen molar-refractivity contribution in [2.75, 3.05) is 19.0 Å². The van der Waals surface area contributed by atoms with Gasteiger partial charge in [-0.2, -0.15) is 0 Å². The summed E-state index contributed by atoms with van der Waals surface area (Å²) in [4.78, 5) is 2.09. The predicted octanol–water partition coefficient (Wildman–Crippen LogP) is 2.81. The van der Waals surface area contributed by atoms with Crippen molar-refractivity contribution < 1.29 is 0 Å². The molecule has 0 bridgehead atoms. The van der Waals surface area contributed by atoms with E-state index in [1.54, 1.807) is 0 Å². The van der Waals surface area contributed by atoms with Gasteiger partial charge in [-0.1, -0.05) is 42.0 Å². The number of hydrazine groups is 1. The Bertz CT molecular complexity index is 546. The van der Waals surface area contributed by atoms with Crippen molar-refractivity contribution in [1.29, 1.82) is 0 Å². The van der Waals surface area contributed by atoms with E-state index in [-0.39, 0.29) is 6.04 Å². The number of aryl methyl sites for hydroxylation is 1. The van der Waals surface area contributed by atoms with Gasteiger partial charge in [0.1, 0.15) is 0 Å². The third kappa shape index (κ3) is 3.59. The Kier molecular flexibility index (Phi) is 4.77. The molecule has 2 rings (SSSR count). The molecule has 0 heterocycles. The number of nitrogens with zero attached hydrogens (tertiary/aromatic N) is 1. The molecule has 0 radical (unpaired) electrons. The second kappa shape index (κ2) is 6.55. The van der Waals surface area contributed by atoms with Crippen LogP contribution in [0.15, 0.2) is 48.5 Å². The first-order valence-electron chi connectivity index (χ1n) is 6.89. The van der Waals surface area contributed by atoms with Gasteiger partial charge in [0.15, 0.2) is 0 Å². The number of nitrogens with two attached hydrogens (primary N) is 1. The predicted molar refractivity (Wildman–Crippen MR) is 85.7 cm³/mol. The third-order valence-corrected chi connectivity index (χ3v) is 3.54. The molecule has 3 heteroatoms. The fraction of sp³-hybridized carbons (Fsp3) is 0.294. The molecular formula is C17H23N3. The van der Waals surface area contributed by atoms with Crippen LogP contribution >= 0.6 is 0 Å². The highest BCUT2D eigenvalue weighted by Gasteiger charge is 2.10. The van der Waals surface area contributed by atoms with Gasteiger partial charge < -0.3 is 4.90 Å². The van der Waals surface area contributed by atoms with Gasteiger partial charge in [0.05, 0.1) is 0 Å². The summed E-state index contributed by atoms with van der Waals surface area (Å²) < 4.78 is 0. The van der Waals surface area contributed by atoms with Crippen molar-refractivity contribution >= 4 is 5.69 Å². The topological polar surface area (TPSA) is 41.3 Å². The summed E-state index contributed by atoms with van der Waals surface area (Å²) in [5.74, 6) is 5.73. The maximum atomic E-state index is 5.73. The lowest BCUT2D eigenvalue weighted by Gasteiger charge is -2.18. The molecule has 3 nitrogen and oxygen atoms in total. The van der Waals surface area contributed by atoms with Crippen LogP contribution in [0.1, 0.15) is 22.7 Å². The van der Waals surface area contributed by atoms with Crippen LogP contribution in [0.2, 0.25) is 0 Å². The largest absolute Gasteiger partial charge is 0.378 e. The molecule has 0 aliphatic carbocycles. The first-order valence-corrected chi connectivity index (χ1v) is 6.89. The van der Waals surface area contributed by atoms with E-state index >= 15 is 0 Å². The molecule has 1 atom stereocenters. The van der Waals surface area contributed by atoms with Crippen LogP contribution in [0.4, 0.5) is 5.69 Å². The van der Waals surface area contributed by atoms with Crippen LogP contribution in [0.25, 0.3) is 0 Å². The minimum absolute atomic E-state index is 0.132. The highest BCUT2D eigenvalue weighted by atomic mass is 15.2. The lowest BCUT2D eigenvalue weighted by molar-refractivity contribution is 0.552. The lowest BCUT2D eigenvalue weighted by atomic mass is 9.98. The second-order valence-electron chi connectivity index (χ2n) is 5.40. The number of anilines is 1. The molecular weight excluding hydrogens is 246 g/mol. The average Bonchev–Trinajstić information content (AvgIpc) is 2.45. The Hall–Kier alpha value is -1.84. The summed E-state index contributed by atoms with van der Waals surface area (Å²) in [5.41, 5.74) is 7.90. The SMILES string of the molecule is Cc1cccc(CC(NN)c2ccc(N(C)C)cc2)c1. The van der Waals surface area contributed by atoms with Crippen LogP contribution < -0.4 is 16.2 Å². The van der Waals surface area contributed by atoms with Crippen molar-refractivity contribution in [3.8, 4) is 0 Å². The Balaban J connectivity index is 2.15. The number of hydrogen-bond donors (Lipinski definition) is 2. The van der Waals surface area contributed by atoms with Crippen molar-refractivity contribution in [2.45, 2.75) is 19.4 Å². The zero-order valence-electron chi connectivity index (χ0n) is 12.4. The van der Waals surface area contributed by atoms with E-state index in [0.717, 1.165) is 6.42 Å². The van der Waals surface area contributed by atoms with Crippen molar-refractivity contribution in [3.05, 3.63) is 65.2 Å². The fourth-order valence-electron chi connectivity index (χ4n) is 2.35. The monoisotopic (exact) mass is 269 g/mol. The van der Waals surface area contributed by atoms with E-state index in [2.05, 4.69) is 65.8 Å². The Morgan fingerprint density at radius 2 is 1.80 bits per heavy atom. The quantitative estimate of drug-likeness (QED) is 0.648. The van der Waals surface area contributed by atoms with Gasteiger partial charge in [0.2, 0.25) is 0 Å². The summed E-state index contributed by atoms with van der Waals surface area (Å²) >= 11 is 0. The van der Waals surface area contributed by atoms with Crippen LogP contribution in [0, 0.1) is 6.92 Å². The van der Waals surface area contributed by atoms with E-state index < -0.39 is 0 Å². The molecule has 2 aromatic carbocycles. The summed E-state index contributed by atoms with van der Waals surface area (Å²) in [6.45, 7) is 2.11. The molecule has 0 amide bonds. The third-order valence-electron chi connectivity index (χ3n) is 3.54. The summed E-state index contributed by atoms with van der Waals surface area (Å²) in [7, 11) is 4.08. The molecule has 0 aliphatic rings. The van der Waals surface area contributed by atoms with E-state index in [1.807, 2.05) is 14.1 Å². The van der Waals surface area contributed by atoms with Crippen LogP contribution in [0.5, 0.6) is 0 Å². The summed E-state index contributed by atoms with van der Waals surface area (Å²) in [6.07, 6.45) is 0.888. The highest BCUT2D eigenvalue weighted by Crippen LogP contribution is 2.21. The van der Waals surface area contributed by atoms with Gasteiger partial charge in [-0.25, -0.2) is 0 Å². The Morgan fingerprint density at radius 1 is 1.10 bits per heavy atom. The Labute approximate surface area is 121 Å². The first-order chi connectivity index (χ1) is 9.60. The second-order valence-corrected chi connectivity index (χ2v) is 5.40. The molecule has 1 unspecified atom stereocenters. The number of rotatable bonds is 5. The van der Waals surface area contributed by atoms with Gasteiger partial charge >= 0.3 is 0 Å². The summed E-state index contributed by atoms with van der Waals surface area (Å²) in [5, 5.41) is 0. The van der Waals surface area contributed by atoms with Gasteiger partial charge in [0, 0.05) is 25.8 Å². The molecule has 0 fully saturated rings. The van der Waals surface area contributed by atoms with Gasteiger partial charge in [0.25, 0.3) is 0 Å². The summed E-state index contributed by atoms with van der Waals surface area (Å²) in [6, 6.07) is 17.2. The molecule has 0 aromatic heterocycles. The minimum Gasteiger partial charge on any atom is -0.378 e. The zero-order chi connectivity index (χ0) is 14.5. The van der Waals surface area contributed by atoms with E-state index in [4.69, 9.17) is 5.84 Å². The smallest absolute Gasteiger partial charge is 0.0500 e. The molecule has 106 valence electrons. The van der Waals surface area contributed by atoms with E-state index in [0.29, 0.717) is 0 Å². The van der Waals surface area contributed by atoms with Crippen molar-refractivity contribution in [1.82, 2.24) is 5.43 Å². The van der Waals surface area contributed by atoms with Crippen LogP contribution in [-0.4, -0.2) is 14.1 Å². The minimum atomic E-state index is 0.132. The normalized spacial score (nSPS) is 12.2. The molecule has 20 heavy (non-hydrogen) atoms. The molecule has 2 aromatic rings. The lowest BCUT2D eigenvalue weighted by Crippen LogP contribution is -2.29. The molecule has 0 saturated carbocycles. The van der Waals surface area contributed by atoms with Crippen molar-refractivity contribution in [2.24, 2.45) is 5.84 Å². The van der Waals surface area contributed by atoms with Gasteiger partial charge in [-0.15, -0.1) is 0 Å². The zero-order valence-corrected chi connectivity index (χ0v) is 12.4. The number of nitrogens with one attached hydrogen (secondary N) is 1. The van der Waals surface area contributed by atoms with E-state index in [9.17, 15) is 0 Å². The molecule has 0 saturated heterocycles. The van der Waals surface area contributed by atoms with E-state index in [1.165, 1.54) is 22.4 Å². The average molecular weight is 269 g/mol. The Morgan fingerprint density at radius 3 is 2.35 bits per heavy atom. The highest BCUT2D eigenvalue weighted by molar-refractivity contribution is 5.46. The molecule has 0 spiro atoms. The van der Waals surface area contributed by atoms with Crippen LogP contribution in [0.3, 0.4) is 0 Å². The maximum absolute atomic E-state index is 5.73. The van der Waals surface area contributed by atoms with Crippen LogP contribution in [-0.2, 0) is 6.42 Å². The molecule has 0 aliphatic heterocycles. The first kappa shape index (κ1) is 14.6. The number of benzene rings is 2. The van der Waals surface area contributed by atoms with Gasteiger partial charge in [-0.3, -0.25) is 11.3 Å². The standard InChI is InChI=1S/C17H23N3/c1-13-5-4-6-14(11-13)12-17(19-18)15-7-9-16(10-8-15)20(2)3/h4-11,17,19H,12,18H2,1-3H3. The van der Waals surface area contributed by atoms with Gasteiger partial charge in [-0.05, 0) is 36.6 Å². The van der Waals surface area contributed by atoms with Crippen molar-refractivity contribution in [3.63, 3.8) is 0 Å². The fourth-order valence-corrected chi connectivity index (χ4v) is 2.35. The number of hydrogen-bond acceptors (Lipinski definition) is 3. The maximum Gasteiger partial charge on any atom is 0.0500 e.